The zero-order valence-corrected chi connectivity index (χ0v) is 18.9. The van der Waals surface area contributed by atoms with Crippen molar-refractivity contribution in [3.63, 3.8) is 0 Å². The average molecular weight is 462 g/mol. The molecule has 1 saturated heterocycles. The number of benzene rings is 2. The maximum Gasteiger partial charge on any atom is 0.271 e. The van der Waals surface area contributed by atoms with Crippen LogP contribution in [0.4, 0.5) is 11.4 Å². The number of ether oxygens (including phenoxy) is 1. The van der Waals surface area contributed by atoms with Gasteiger partial charge < -0.3 is 10.1 Å². The molecule has 1 amide bonds. The number of amides is 1. The molecule has 0 aromatic heterocycles. The maximum absolute atomic E-state index is 13.1. The first-order valence-corrected chi connectivity index (χ1v) is 12.1. The monoisotopic (exact) mass is 461 g/mol. The minimum Gasteiger partial charge on any atom is -0.381 e. The molecule has 2 aromatic rings. The number of hydrogen-bond acceptors (Lipinski definition) is 6. The predicted octanol–water partition coefficient (Wildman–Crippen LogP) is 2.61. The number of nitrogens with one attached hydrogen (secondary N) is 1. The molecule has 0 bridgehead atoms. The van der Waals surface area contributed by atoms with Crippen molar-refractivity contribution in [2.24, 2.45) is 0 Å². The quantitative estimate of drug-likeness (QED) is 0.477. The SMILES string of the molecule is CC(C(=O)NCC1(c2ccccc2)CCOCC1)N(c1cccc([N+](=O)[O-])c1)S(C)(=O)=O. The Kier molecular flexibility index (Phi) is 7.15. The van der Waals surface area contributed by atoms with Crippen molar-refractivity contribution < 1.29 is 22.9 Å². The summed E-state index contributed by atoms with van der Waals surface area (Å²) < 4.78 is 31.4. The molecule has 1 unspecified atom stereocenters. The van der Waals surface area contributed by atoms with E-state index in [9.17, 15) is 23.3 Å². The zero-order valence-electron chi connectivity index (χ0n) is 18.1. The summed E-state index contributed by atoms with van der Waals surface area (Å²) in [6.07, 6.45) is 2.43. The number of nitro groups is 1. The zero-order chi connectivity index (χ0) is 23.4. The van der Waals surface area contributed by atoms with Crippen LogP contribution in [0.3, 0.4) is 0 Å². The summed E-state index contributed by atoms with van der Waals surface area (Å²) in [4.78, 5) is 23.6. The Balaban J connectivity index is 1.83. The minimum absolute atomic E-state index is 0.0631. The van der Waals surface area contributed by atoms with Gasteiger partial charge in [-0.05, 0) is 31.4 Å². The van der Waals surface area contributed by atoms with Crippen LogP contribution in [0.2, 0.25) is 0 Å². The van der Waals surface area contributed by atoms with Crippen LogP contribution in [-0.2, 0) is 25.0 Å². The van der Waals surface area contributed by atoms with Gasteiger partial charge in [-0.25, -0.2) is 8.42 Å². The summed E-state index contributed by atoms with van der Waals surface area (Å²) in [6, 6.07) is 14.0. The van der Waals surface area contributed by atoms with Crippen molar-refractivity contribution >= 4 is 27.3 Å². The number of nitrogens with zero attached hydrogens (tertiary/aromatic N) is 2. The third kappa shape index (κ3) is 5.25. The van der Waals surface area contributed by atoms with Gasteiger partial charge in [-0.2, -0.15) is 0 Å². The Morgan fingerprint density at radius 1 is 1.19 bits per heavy atom. The predicted molar refractivity (Wildman–Crippen MR) is 121 cm³/mol. The van der Waals surface area contributed by atoms with E-state index < -0.39 is 26.9 Å². The molecule has 1 fully saturated rings. The van der Waals surface area contributed by atoms with E-state index in [1.807, 2.05) is 30.3 Å². The Labute approximate surface area is 187 Å². The summed E-state index contributed by atoms with van der Waals surface area (Å²) in [7, 11) is -3.89. The second-order valence-electron chi connectivity index (χ2n) is 7.99. The molecule has 1 aliphatic rings. The van der Waals surface area contributed by atoms with Crippen molar-refractivity contribution in [3.05, 3.63) is 70.3 Å². The normalized spacial score (nSPS) is 16.7. The van der Waals surface area contributed by atoms with Gasteiger partial charge in [-0.3, -0.25) is 19.2 Å². The molecule has 32 heavy (non-hydrogen) atoms. The van der Waals surface area contributed by atoms with Crippen LogP contribution in [0.1, 0.15) is 25.3 Å². The lowest BCUT2D eigenvalue weighted by molar-refractivity contribution is -0.384. The second-order valence-corrected chi connectivity index (χ2v) is 9.85. The summed E-state index contributed by atoms with van der Waals surface area (Å²) in [5.41, 5.74) is 0.591. The van der Waals surface area contributed by atoms with Crippen LogP contribution < -0.4 is 9.62 Å². The van der Waals surface area contributed by atoms with Gasteiger partial charge in [0.25, 0.3) is 5.69 Å². The Bertz CT molecular complexity index is 1070. The van der Waals surface area contributed by atoms with Crippen molar-refractivity contribution in [1.82, 2.24) is 5.32 Å². The first-order valence-electron chi connectivity index (χ1n) is 10.3. The van der Waals surface area contributed by atoms with E-state index in [0.717, 1.165) is 35.0 Å². The van der Waals surface area contributed by atoms with Crippen LogP contribution in [0.25, 0.3) is 0 Å². The molecule has 9 nitrogen and oxygen atoms in total. The molecular formula is C22H27N3O6S. The van der Waals surface area contributed by atoms with E-state index in [0.29, 0.717) is 19.8 Å². The largest absolute Gasteiger partial charge is 0.381 e. The number of rotatable bonds is 8. The summed E-state index contributed by atoms with van der Waals surface area (Å²) in [5, 5.41) is 14.0. The molecule has 0 radical (unpaired) electrons. The topological polar surface area (TPSA) is 119 Å². The number of nitro benzene ring substituents is 1. The fraction of sp³-hybridized carbons (Fsp3) is 0.409. The molecular weight excluding hydrogens is 434 g/mol. The van der Waals surface area contributed by atoms with E-state index in [4.69, 9.17) is 4.74 Å². The van der Waals surface area contributed by atoms with Gasteiger partial charge in [0.05, 0.1) is 16.9 Å². The lowest BCUT2D eigenvalue weighted by Gasteiger charge is -2.38. The van der Waals surface area contributed by atoms with E-state index in [1.165, 1.54) is 25.1 Å². The number of sulfonamides is 1. The van der Waals surface area contributed by atoms with E-state index in [2.05, 4.69) is 5.32 Å². The molecule has 0 spiro atoms. The fourth-order valence-corrected chi connectivity index (χ4v) is 5.24. The molecule has 10 heteroatoms. The number of carbonyl (C=O) groups is 1. The molecule has 1 aliphatic heterocycles. The van der Waals surface area contributed by atoms with Crippen LogP contribution in [-0.4, -0.2) is 51.3 Å². The first kappa shape index (κ1) is 23.7. The van der Waals surface area contributed by atoms with Crippen LogP contribution in [0, 0.1) is 10.1 Å². The van der Waals surface area contributed by atoms with Gasteiger partial charge in [-0.1, -0.05) is 36.4 Å². The van der Waals surface area contributed by atoms with Gasteiger partial charge in [0, 0.05) is 37.3 Å². The lowest BCUT2D eigenvalue weighted by Crippen LogP contribution is -2.51. The second kappa shape index (κ2) is 9.66. The van der Waals surface area contributed by atoms with Gasteiger partial charge in [-0.15, -0.1) is 0 Å². The van der Waals surface area contributed by atoms with Crippen molar-refractivity contribution in [2.45, 2.75) is 31.2 Å². The minimum atomic E-state index is -3.89. The molecule has 0 saturated carbocycles. The van der Waals surface area contributed by atoms with Crippen LogP contribution in [0.5, 0.6) is 0 Å². The number of anilines is 1. The van der Waals surface area contributed by atoms with Crippen molar-refractivity contribution in [2.75, 3.05) is 30.3 Å². The molecule has 1 atom stereocenters. The van der Waals surface area contributed by atoms with Crippen LogP contribution in [0.15, 0.2) is 54.6 Å². The highest BCUT2D eigenvalue weighted by Gasteiger charge is 2.36. The van der Waals surface area contributed by atoms with E-state index >= 15 is 0 Å². The standard InChI is InChI=1S/C22H27N3O6S/c1-17(24(32(2,29)30)19-9-6-10-20(15-19)25(27)28)21(26)23-16-22(11-13-31-14-12-22)18-7-4-3-5-8-18/h3-10,15,17H,11-14,16H2,1-2H3,(H,23,26). The highest BCUT2D eigenvalue weighted by molar-refractivity contribution is 7.92. The highest BCUT2D eigenvalue weighted by atomic mass is 32.2. The fourth-order valence-electron chi connectivity index (χ4n) is 4.08. The van der Waals surface area contributed by atoms with E-state index in [1.54, 1.807) is 0 Å². The van der Waals surface area contributed by atoms with Gasteiger partial charge in [0.2, 0.25) is 15.9 Å². The maximum atomic E-state index is 13.1. The molecule has 172 valence electrons. The van der Waals surface area contributed by atoms with E-state index in [-0.39, 0.29) is 16.8 Å². The van der Waals surface area contributed by atoms with Crippen LogP contribution >= 0.6 is 0 Å². The van der Waals surface area contributed by atoms with Gasteiger partial charge in [0.15, 0.2) is 0 Å². The third-order valence-corrected chi connectivity index (χ3v) is 7.06. The smallest absolute Gasteiger partial charge is 0.271 e. The van der Waals surface area contributed by atoms with Gasteiger partial charge >= 0.3 is 0 Å². The number of carbonyl (C=O) groups excluding carboxylic acids is 1. The Morgan fingerprint density at radius 3 is 2.44 bits per heavy atom. The Hall–Kier alpha value is -2.98. The van der Waals surface area contributed by atoms with Gasteiger partial charge in [0.1, 0.15) is 6.04 Å². The third-order valence-electron chi connectivity index (χ3n) is 5.82. The molecule has 3 rings (SSSR count). The summed E-state index contributed by atoms with van der Waals surface area (Å²) in [6.45, 7) is 2.94. The average Bonchev–Trinajstić information content (AvgIpc) is 2.78. The number of non-ortho nitro benzene ring substituents is 1. The first-order chi connectivity index (χ1) is 15.1. The lowest BCUT2D eigenvalue weighted by atomic mass is 9.74. The molecule has 1 N–H and O–H groups in total. The number of hydrogen-bond donors (Lipinski definition) is 1. The molecule has 1 heterocycles. The highest BCUT2D eigenvalue weighted by Crippen LogP contribution is 2.34. The van der Waals surface area contributed by atoms with Crippen molar-refractivity contribution in [3.8, 4) is 0 Å². The Morgan fingerprint density at radius 2 is 1.84 bits per heavy atom. The van der Waals surface area contributed by atoms with Crippen molar-refractivity contribution in [1.29, 1.82) is 0 Å². The molecule has 0 aliphatic carbocycles. The summed E-state index contributed by atoms with van der Waals surface area (Å²) in [5.74, 6) is -0.483. The summed E-state index contributed by atoms with van der Waals surface area (Å²) >= 11 is 0. The molecule has 2 aromatic carbocycles.